The summed E-state index contributed by atoms with van der Waals surface area (Å²) >= 11 is 1.71. The van der Waals surface area contributed by atoms with Gasteiger partial charge in [-0.05, 0) is 23.9 Å². The van der Waals surface area contributed by atoms with Crippen LogP contribution in [0.3, 0.4) is 0 Å². The Morgan fingerprint density at radius 3 is 3.00 bits per heavy atom. The Morgan fingerprint density at radius 2 is 2.15 bits per heavy atom. The fraction of sp³-hybridized carbons (Fsp3) is 0.312. The average Bonchev–Trinajstić information content (AvgIpc) is 2.89. The summed E-state index contributed by atoms with van der Waals surface area (Å²) in [5, 5.41) is 2.05. The van der Waals surface area contributed by atoms with Crippen LogP contribution < -0.4 is 4.74 Å². The summed E-state index contributed by atoms with van der Waals surface area (Å²) < 4.78 is 5.69. The van der Waals surface area contributed by atoms with Crippen LogP contribution in [0.5, 0.6) is 5.75 Å². The van der Waals surface area contributed by atoms with Gasteiger partial charge < -0.3 is 9.64 Å². The van der Waals surface area contributed by atoms with Gasteiger partial charge in [-0.15, -0.1) is 11.3 Å². The number of nitrogens with zero attached hydrogens (tertiary/aromatic N) is 1. The van der Waals surface area contributed by atoms with Crippen LogP contribution in [0.1, 0.15) is 16.9 Å². The molecule has 3 nitrogen and oxygen atoms in total. The molecule has 0 saturated carbocycles. The number of carbonyl (C=O) groups is 1. The summed E-state index contributed by atoms with van der Waals surface area (Å²) in [5.74, 6) is 1.11. The van der Waals surface area contributed by atoms with Gasteiger partial charge in [0.15, 0.2) is 0 Å². The maximum Gasteiger partial charge on any atom is 0.223 e. The van der Waals surface area contributed by atoms with E-state index in [1.54, 1.807) is 11.3 Å². The zero-order valence-electron chi connectivity index (χ0n) is 11.2. The Morgan fingerprint density at radius 1 is 1.25 bits per heavy atom. The molecule has 0 N–H and O–H groups in total. The summed E-state index contributed by atoms with van der Waals surface area (Å²) in [7, 11) is 0. The van der Waals surface area contributed by atoms with E-state index in [1.807, 2.05) is 35.2 Å². The molecule has 0 aliphatic carbocycles. The predicted molar refractivity (Wildman–Crippen MR) is 80.0 cm³/mol. The third kappa shape index (κ3) is 3.02. The molecule has 1 aliphatic heterocycles. The highest BCUT2D eigenvalue weighted by Crippen LogP contribution is 2.23. The van der Waals surface area contributed by atoms with Crippen molar-refractivity contribution in [1.29, 1.82) is 0 Å². The van der Waals surface area contributed by atoms with Crippen LogP contribution in [0.4, 0.5) is 0 Å². The number of benzene rings is 1. The standard InChI is InChI=1S/C16H17NO2S/c18-16(8-7-14-5-3-11-20-14)17-9-10-19-15-6-2-1-4-13(15)12-17/h1-6,11H,7-10,12H2. The van der Waals surface area contributed by atoms with Crippen LogP contribution in [-0.2, 0) is 17.8 Å². The second-order valence-electron chi connectivity index (χ2n) is 4.85. The van der Waals surface area contributed by atoms with Crippen molar-refractivity contribution < 1.29 is 9.53 Å². The van der Waals surface area contributed by atoms with E-state index >= 15 is 0 Å². The van der Waals surface area contributed by atoms with Crippen molar-refractivity contribution in [2.24, 2.45) is 0 Å². The first-order chi connectivity index (χ1) is 9.83. The van der Waals surface area contributed by atoms with Crippen LogP contribution in [0.15, 0.2) is 41.8 Å². The van der Waals surface area contributed by atoms with Crippen LogP contribution in [0, 0.1) is 0 Å². The van der Waals surface area contributed by atoms with Gasteiger partial charge in [-0.1, -0.05) is 24.3 Å². The van der Waals surface area contributed by atoms with Crippen molar-refractivity contribution in [3.05, 3.63) is 52.2 Å². The fourth-order valence-corrected chi connectivity index (χ4v) is 3.09. The van der Waals surface area contributed by atoms with Gasteiger partial charge in [0.2, 0.25) is 5.91 Å². The molecule has 2 aromatic rings. The molecule has 1 aromatic carbocycles. The number of hydrogen-bond acceptors (Lipinski definition) is 3. The quantitative estimate of drug-likeness (QED) is 0.868. The maximum atomic E-state index is 12.3. The largest absolute Gasteiger partial charge is 0.491 e. The van der Waals surface area contributed by atoms with E-state index < -0.39 is 0 Å². The molecule has 0 fully saturated rings. The van der Waals surface area contributed by atoms with Crippen molar-refractivity contribution in [3.8, 4) is 5.75 Å². The SMILES string of the molecule is O=C(CCc1cccs1)N1CCOc2ccccc2C1. The second kappa shape index (κ2) is 6.09. The van der Waals surface area contributed by atoms with E-state index in [1.165, 1.54) is 4.88 Å². The second-order valence-corrected chi connectivity index (χ2v) is 5.88. The maximum absolute atomic E-state index is 12.3. The molecule has 104 valence electrons. The monoisotopic (exact) mass is 287 g/mol. The minimum Gasteiger partial charge on any atom is -0.491 e. The summed E-state index contributed by atoms with van der Waals surface area (Å²) in [5.41, 5.74) is 1.09. The number of amides is 1. The van der Waals surface area contributed by atoms with E-state index in [0.717, 1.165) is 17.7 Å². The third-order valence-corrected chi connectivity index (χ3v) is 4.41. The molecule has 1 aliphatic rings. The fourth-order valence-electron chi connectivity index (χ4n) is 2.38. The molecule has 2 heterocycles. The molecular formula is C16H17NO2S. The number of hydrogen-bond donors (Lipinski definition) is 0. The van der Waals surface area contributed by atoms with Gasteiger partial charge in [0, 0.05) is 23.4 Å². The molecule has 0 radical (unpaired) electrons. The molecule has 0 spiro atoms. The molecule has 0 atom stereocenters. The van der Waals surface area contributed by atoms with Gasteiger partial charge in [0.05, 0.1) is 6.54 Å². The Bertz CT molecular complexity index is 580. The van der Waals surface area contributed by atoms with Crippen LogP contribution in [-0.4, -0.2) is 24.0 Å². The predicted octanol–water partition coefficient (Wildman–Crippen LogP) is 3.10. The molecule has 4 heteroatoms. The number of ether oxygens (including phenoxy) is 1. The number of rotatable bonds is 3. The van der Waals surface area contributed by atoms with Crippen molar-refractivity contribution in [2.75, 3.05) is 13.2 Å². The topological polar surface area (TPSA) is 29.5 Å². The zero-order valence-corrected chi connectivity index (χ0v) is 12.1. The molecule has 3 rings (SSSR count). The van der Waals surface area contributed by atoms with Gasteiger partial charge in [-0.3, -0.25) is 4.79 Å². The Hall–Kier alpha value is -1.81. The minimum absolute atomic E-state index is 0.207. The van der Waals surface area contributed by atoms with Gasteiger partial charge in [0.1, 0.15) is 12.4 Å². The van der Waals surface area contributed by atoms with E-state index in [0.29, 0.717) is 26.1 Å². The third-order valence-electron chi connectivity index (χ3n) is 3.47. The van der Waals surface area contributed by atoms with Crippen molar-refractivity contribution in [2.45, 2.75) is 19.4 Å². The van der Waals surface area contributed by atoms with Crippen LogP contribution in [0.2, 0.25) is 0 Å². The lowest BCUT2D eigenvalue weighted by molar-refractivity contribution is -0.131. The minimum atomic E-state index is 0.207. The van der Waals surface area contributed by atoms with Gasteiger partial charge in [-0.2, -0.15) is 0 Å². The normalized spacial score (nSPS) is 14.3. The summed E-state index contributed by atoms with van der Waals surface area (Å²) in [4.78, 5) is 15.5. The Labute approximate surface area is 122 Å². The lowest BCUT2D eigenvalue weighted by Gasteiger charge is -2.19. The highest BCUT2D eigenvalue weighted by Gasteiger charge is 2.19. The Kier molecular flexibility index (Phi) is 4.02. The number of carbonyl (C=O) groups excluding carboxylic acids is 1. The highest BCUT2D eigenvalue weighted by molar-refractivity contribution is 7.09. The smallest absolute Gasteiger partial charge is 0.223 e. The summed E-state index contributed by atoms with van der Waals surface area (Å²) in [6, 6.07) is 12.1. The van der Waals surface area contributed by atoms with E-state index in [4.69, 9.17) is 4.74 Å². The average molecular weight is 287 g/mol. The van der Waals surface area contributed by atoms with Crippen molar-refractivity contribution >= 4 is 17.2 Å². The highest BCUT2D eigenvalue weighted by atomic mass is 32.1. The first kappa shape index (κ1) is 13.2. The molecule has 0 bridgehead atoms. The zero-order chi connectivity index (χ0) is 13.8. The molecular weight excluding hydrogens is 270 g/mol. The van der Waals surface area contributed by atoms with Crippen LogP contribution in [0.25, 0.3) is 0 Å². The summed E-state index contributed by atoms with van der Waals surface area (Å²) in [6.45, 7) is 1.89. The molecule has 1 amide bonds. The lowest BCUT2D eigenvalue weighted by Crippen LogP contribution is -2.32. The molecule has 1 aromatic heterocycles. The van der Waals surface area contributed by atoms with Gasteiger partial charge in [-0.25, -0.2) is 0 Å². The van der Waals surface area contributed by atoms with E-state index in [2.05, 4.69) is 11.4 Å². The number of para-hydroxylation sites is 1. The summed E-state index contributed by atoms with van der Waals surface area (Å²) in [6.07, 6.45) is 1.40. The number of aryl methyl sites for hydroxylation is 1. The van der Waals surface area contributed by atoms with E-state index in [9.17, 15) is 4.79 Å². The first-order valence-corrected chi connectivity index (χ1v) is 7.72. The molecule has 0 unspecified atom stereocenters. The van der Waals surface area contributed by atoms with Crippen molar-refractivity contribution in [1.82, 2.24) is 4.90 Å². The van der Waals surface area contributed by atoms with Gasteiger partial charge in [0.25, 0.3) is 0 Å². The lowest BCUT2D eigenvalue weighted by atomic mass is 10.2. The van der Waals surface area contributed by atoms with E-state index in [-0.39, 0.29) is 5.91 Å². The number of thiophene rings is 1. The van der Waals surface area contributed by atoms with Gasteiger partial charge >= 0.3 is 0 Å². The van der Waals surface area contributed by atoms with Crippen LogP contribution >= 0.6 is 11.3 Å². The Balaban J connectivity index is 1.63. The molecule has 20 heavy (non-hydrogen) atoms. The first-order valence-electron chi connectivity index (χ1n) is 6.84. The molecule has 0 saturated heterocycles. The number of fused-ring (bicyclic) bond motifs is 1. The van der Waals surface area contributed by atoms with Crippen molar-refractivity contribution in [3.63, 3.8) is 0 Å².